The highest BCUT2D eigenvalue weighted by Crippen LogP contribution is 2.24. The van der Waals surface area contributed by atoms with Crippen molar-refractivity contribution in [2.24, 2.45) is 5.73 Å². The van der Waals surface area contributed by atoms with Gasteiger partial charge in [0, 0.05) is 25.2 Å². The van der Waals surface area contributed by atoms with Gasteiger partial charge in [0.1, 0.15) is 5.82 Å². The Labute approximate surface area is 96.2 Å². The predicted molar refractivity (Wildman–Crippen MR) is 63.6 cm³/mol. The number of hydrogen-bond donors (Lipinski definition) is 1. The fourth-order valence-corrected chi connectivity index (χ4v) is 2.28. The lowest BCUT2D eigenvalue weighted by atomic mass is 10.0. The number of rotatable bonds is 2. The number of nitrogens with zero attached hydrogens (tertiary/aromatic N) is 1. The summed E-state index contributed by atoms with van der Waals surface area (Å²) in [7, 11) is 0. The maximum absolute atomic E-state index is 13.1. The van der Waals surface area contributed by atoms with Crippen LogP contribution in [0.4, 0.5) is 4.39 Å². The lowest BCUT2D eigenvalue weighted by molar-refractivity contribution is 0.163. The number of benzene rings is 1. The number of piperidine rings is 1. The molecule has 3 heteroatoms. The zero-order valence-electron chi connectivity index (χ0n) is 9.70. The molecule has 1 aromatic rings. The van der Waals surface area contributed by atoms with Crippen molar-refractivity contribution in [3.63, 3.8) is 0 Å². The summed E-state index contributed by atoms with van der Waals surface area (Å²) in [6.07, 6.45) is 2.08. The van der Waals surface area contributed by atoms with Crippen LogP contribution in [0.2, 0.25) is 0 Å². The highest BCUT2D eigenvalue weighted by atomic mass is 19.1. The first-order chi connectivity index (χ1) is 7.66. The smallest absolute Gasteiger partial charge is 0.123 e. The first kappa shape index (κ1) is 11.6. The van der Waals surface area contributed by atoms with Gasteiger partial charge in [0.25, 0.3) is 0 Å². The number of nitrogens with two attached hydrogens (primary N) is 1. The molecule has 1 unspecified atom stereocenters. The van der Waals surface area contributed by atoms with Crippen molar-refractivity contribution < 1.29 is 4.39 Å². The largest absolute Gasteiger partial charge is 0.328 e. The van der Waals surface area contributed by atoms with Crippen molar-refractivity contribution in [3.8, 4) is 0 Å². The average molecular weight is 222 g/mol. The Balaban J connectivity index is 2.04. The van der Waals surface area contributed by atoms with Crippen LogP contribution in [0.15, 0.2) is 24.3 Å². The molecule has 2 N–H and O–H groups in total. The fraction of sp³-hybridized carbons (Fsp3) is 0.538. The average Bonchev–Trinajstić information content (AvgIpc) is 2.29. The Bertz CT molecular complexity index is 346. The van der Waals surface area contributed by atoms with Gasteiger partial charge >= 0.3 is 0 Å². The summed E-state index contributed by atoms with van der Waals surface area (Å²) in [6.45, 7) is 4.16. The van der Waals surface area contributed by atoms with Crippen LogP contribution in [0.1, 0.15) is 31.4 Å². The molecular formula is C13H19FN2. The summed E-state index contributed by atoms with van der Waals surface area (Å²) in [5, 5.41) is 0. The molecule has 0 spiro atoms. The molecule has 0 bridgehead atoms. The molecule has 16 heavy (non-hydrogen) atoms. The predicted octanol–water partition coefficient (Wildman–Crippen LogP) is 2.31. The van der Waals surface area contributed by atoms with E-state index in [0.29, 0.717) is 6.04 Å². The third kappa shape index (κ3) is 2.60. The standard InChI is InChI=1S/C13H19FN2/c1-10(11-3-2-4-12(14)9-11)16-7-5-13(15)6-8-16/h2-4,9-10,13H,5-8,15H2,1H3. The summed E-state index contributed by atoms with van der Waals surface area (Å²) in [5.41, 5.74) is 6.92. The molecule has 1 aliphatic heterocycles. The van der Waals surface area contributed by atoms with Crippen molar-refractivity contribution in [1.82, 2.24) is 4.90 Å². The van der Waals surface area contributed by atoms with Gasteiger partial charge in [0.15, 0.2) is 0 Å². The molecule has 2 nitrogen and oxygen atoms in total. The Kier molecular flexibility index (Phi) is 3.56. The molecular weight excluding hydrogens is 203 g/mol. The summed E-state index contributed by atoms with van der Waals surface area (Å²) < 4.78 is 13.1. The molecule has 0 aliphatic carbocycles. The Morgan fingerprint density at radius 2 is 2.06 bits per heavy atom. The highest BCUT2D eigenvalue weighted by Gasteiger charge is 2.21. The Morgan fingerprint density at radius 1 is 1.38 bits per heavy atom. The summed E-state index contributed by atoms with van der Waals surface area (Å²) in [6, 6.07) is 7.50. The van der Waals surface area contributed by atoms with E-state index in [1.807, 2.05) is 6.07 Å². The normalized spacial score (nSPS) is 20.9. The van der Waals surface area contributed by atoms with Crippen LogP contribution < -0.4 is 5.73 Å². The van der Waals surface area contributed by atoms with E-state index in [0.717, 1.165) is 31.5 Å². The first-order valence-electron chi connectivity index (χ1n) is 5.92. The molecule has 2 rings (SSSR count). The van der Waals surface area contributed by atoms with Crippen LogP contribution in [0, 0.1) is 5.82 Å². The molecule has 88 valence electrons. The van der Waals surface area contributed by atoms with Crippen LogP contribution in [-0.2, 0) is 0 Å². The van der Waals surface area contributed by atoms with Crippen LogP contribution in [-0.4, -0.2) is 24.0 Å². The van der Waals surface area contributed by atoms with E-state index in [1.165, 1.54) is 6.07 Å². The van der Waals surface area contributed by atoms with Crippen molar-refractivity contribution in [3.05, 3.63) is 35.6 Å². The lowest BCUT2D eigenvalue weighted by Gasteiger charge is -2.35. The minimum atomic E-state index is -0.155. The van der Waals surface area contributed by atoms with E-state index < -0.39 is 0 Å². The molecule has 1 aromatic carbocycles. The van der Waals surface area contributed by atoms with Crippen LogP contribution in [0.25, 0.3) is 0 Å². The van der Waals surface area contributed by atoms with Crippen molar-refractivity contribution in [2.45, 2.75) is 31.8 Å². The zero-order valence-corrected chi connectivity index (χ0v) is 9.70. The summed E-state index contributed by atoms with van der Waals surface area (Å²) in [5.74, 6) is -0.155. The number of halogens is 1. The Morgan fingerprint density at radius 3 is 2.69 bits per heavy atom. The molecule has 1 saturated heterocycles. The van der Waals surface area contributed by atoms with Gasteiger partial charge in [-0.1, -0.05) is 12.1 Å². The van der Waals surface area contributed by atoms with Crippen LogP contribution in [0.5, 0.6) is 0 Å². The van der Waals surface area contributed by atoms with Gasteiger partial charge in [0.2, 0.25) is 0 Å². The third-order valence-electron chi connectivity index (χ3n) is 3.45. The second kappa shape index (κ2) is 4.93. The topological polar surface area (TPSA) is 29.3 Å². The molecule has 1 atom stereocenters. The van der Waals surface area contributed by atoms with Gasteiger partial charge in [-0.15, -0.1) is 0 Å². The highest BCUT2D eigenvalue weighted by molar-refractivity contribution is 5.19. The summed E-state index contributed by atoms with van der Waals surface area (Å²) >= 11 is 0. The van der Waals surface area contributed by atoms with Crippen LogP contribution in [0.3, 0.4) is 0 Å². The summed E-state index contributed by atoms with van der Waals surface area (Å²) in [4.78, 5) is 2.37. The quantitative estimate of drug-likeness (QED) is 0.832. The molecule has 0 amide bonds. The lowest BCUT2D eigenvalue weighted by Crippen LogP contribution is -2.40. The molecule has 0 saturated carbocycles. The second-order valence-corrected chi connectivity index (χ2v) is 4.60. The molecule has 1 heterocycles. The molecule has 0 aromatic heterocycles. The molecule has 0 radical (unpaired) electrons. The molecule has 1 fully saturated rings. The van der Waals surface area contributed by atoms with E-state index in [9.17, 15) is 4.39 Å². The Hall–Kier alpha value is -0.930. The van der Waals surface area contributed by atoms with Crippen molar-refractivity contribution in [1.29, 1.82) is 0 Å². The van der Waals surface area contributed by atoms with Gasteiger partial charge in [-0.2, -0.15) is 0 Å². The fourth-order valence-electron chi connectivity index (χ4n) is 2.28. The van der Waals surface area contributed by atoms with Gasteiger partial charge < -0.3 is 5.73 Å². The minimum absolute atomic E-state index is 0.155. The SMILES string of the molecule is CC(c1cccc(F)c1)N1CCC(N)CC1. The zero-order chi connectivity index (χ0) is 11.5. The maximum atomic E-state index is 13.1. The van der Waals surface area contributed by atoms with E-state index in [1.54, 1.807) is 12.1 Å². The maximum Gasteiger partial charge on any atom is 0.123 e. The number of likely N-dealkylation sites (tertiary alicyclic amines) is 1. The van der Waals surface area contributed by atoms with Gasteiger partial charge in [-0.25, -0.2) is 4.39 Å². The first-order valence-corrected chi connectivity index (χ1v) is 5.92. The van der Waals surface area contributed by atoms with E-state index in [-0.39, 0.29) is 11.9 Å². The third-order valence-corrected chi connectivity index (χ3v) is 3.45. The van der Waals surface area contributed by atoms with E-state index >= 15 is 0 Å². The van der Waals surface area contributed by atoms with Gasteiger partial charge in [-0.05, 0) is 37.5 Å². The van der Waals surface area contributed by atoms with Crippen LogP contribution >= 0.6 is 0 Å². The van der Waals surface area contributed by atoms with E-state index in [4.69, 9.17) is 5.73 Å². The van der Waals surface area contributed by atoms with E-state index in [2.05, 4.69) is 11.8 Å². The monoisotopic (exact) mass is 222 g/mol. The van der Waals surface area contributed by atoms with Gasteiger partial charge in [0.05, 0.1) is 0 Å². The number of hydrogen-bond acceptors (Lipinski definition) is 2. The van der Waals surface area contributed by atoms with Crippen molar-refractivity contribution >= 4 is 0 Å². The minimum Gasteiger partial charge on any atom is -0.328 e. The second-order valence-electron chi connectivity index (χ2n) is 4.60. The molecule has 1 aliphatic rings. The van der Waals surface area contributed by atoms with Crippen molar-refractivity contribution in [2.75, 3.05) is 13.1 Å². The van der Waals surface area contributed by atoms with Gasteiger partial charge in [-0.3, -0.25) is 4.90 Å².